The largest absolute Gasteiger partial charge is 0.495 e. The smallest absolute Gasteiger partial charge is 0.253 e. The number of hydrogen-bond acceptors (Lipinski definition) is 5. The van der Waals surface area contributed by atoms with Crippen LogP contribution in [0.2, 0.25) is 5.02 Å². The number of rotatable bonds is 5. The fourth-order valence-electron chi connectivity index (χ4n) is 2.85. The van der Waals surface area contributed by atoms with Gasteiger partial charge in [0.25, 0.3) is 5.91 Å². The molecule has 2 heterocycles. The predicted molar refractivity (Wildman–Crippen MR) is 89.0 cm³/mol. The molecule has 1 atom stereocenters. The Morgan fingerprint density at radius 2 is 2.04 bits per heavy atom. The maximum atomic E-state index is 12.5. The molecule has 1 fully saturated rings. The van der Waals surface area contributed by atoms with Gasteiger partial charge in [0.1, 0.15) is 5.75 Å². The van der Waals surface area contributed by atoms with Gasteiger partial charge in [-0.2, -0.15) is 0 Å². The molecule has 2 N–H and O–H groups in total. The highest BCUT2D eigenvalue weighted by Crippen LogP contribution is 2.38. The van der Waals surface area contributed by atoms with E-state index in [1.54, 1.807) is 25.6 Å². The second-order valence-electron chi connectivity index (χ2n) is 5.89. The van der Waals surface area contributed by atoms with Crippen molar-refractivity contribution in [3.63, 3.8) is 0 Å². The molecule has 0 aliphatic heterocycles. The lowest BCUT2D eigenvalue weighted by molar-refractivity contribution is 0.0234. The molecule has 6 nitrogen and oxygen atoms in total. The van der Waals surface area contributed by atoms with Crippen LogP contribution in [0.4, 0.5) is 0 Å². The Labute approximate surface area is 144 Å². The normalized spacial score (nSPS) is 20.8. The number of aliphatic hydroxyl groups is 1. The van der Waals surface area contributed by atoms with Crippen LogP contribution in [0.5, 0.6) is 5.75 Å². The van der Waals surface area contributed by atoms with Gasteiger partial charge >= 0.3 is 0 Å². The number of pyridine rings is 2. The molecule has 0 saturated heterocycles. The molecule has 0 bridgehead atoms. The molecular formula is C17H18ClN3O3. The van der Waals surface area contributed by atoms with Gasteiger partial charge in [-0.25, -0.2) is 0 Å². The lowest BCUT2D eigenvalue weighted by atomic mass is 9.75. The van der Waals surface area contributed by atoms with Crippen LogP contribution in [0.15, 0.2) is 36.9 Å². The second-order valence-corrected chi connectivity index (χ2v) is 6.32. The summed E-state index contributed by atoms with van der Waals surface area (Å²) in [4.78, 5) is 20.6. The molecule has 1 amide bonds. The third kappa shape index (κ3) is 3.66. The molecule has 0 unspecified atom stereocenters. The van der Waals surface area contributed by atoms with Crippen LogP contribution in [0.3, 0.4) is 0 Å². The van der Waals surface area contributed by atoms with Crippen LogP contribution in [0.25, 0.3) is 0 Å². The average molecular weight is 348 g/mol. The number of carbonyl (C=O) groups excluding carboxylic acids is 1. The van der Waals surface area contributed by atoms with Gasteiger partial charge in [0.15, 0.2) is 0 Å². The van der Waals surface area contributed by atoms with Crippen molar-refractivity contribution in [2.45, 2.75) is 25.0 Å². The number of nitrogens with one attached hydrogen (secondary N) is 1. The topological polar surface area (TPSA) is 84.3 Å². The van der Waals surface area contributed by atoms with E-state index in [4.69, 9.17) is 16.3 Å². The Morgan fingerprint density at radius 3 is 2.71 bits per heavy atom. The zero-order valence-electron chi connectivity index (χ0n) is 13.1. The van der Waals surface area contributed by atoms with Crippen LogP contribution in [-0.2, 0) is 0 Å². The van der Waals surface area contributed by atoms with Crippen molar-refractivity contribution in [1.29, 1.82) is 0 Å². The predicted octanol–water partition coefficient (Wildman–Crippen LogP) is 2.38. The van der Waals surface area contributed by atoms with Crippen molar-refractivity contribution < 1.29 is 14.6 Å². The minimum Gasteiger partial charge on any atom is -0.495 e. The fourth-order valence-corrected chi connectivity index (χ4v) is 3.03. The van der Waals surface area contributed by atoms with Crippen LogP contribution >= 0.6 is 11.6 Å². The van der Waals surface area contributed by atoms with Gasteiger partial charge in [-0.05, 0) is 36.5 Å². The zero-order valence-corrected chi connectivity index (χ0v) is 13.9. The Bertz CT molecular complexity index is 735. The van der Waals surface area contributed by atoms with Crippen molar-refractivity contribution in [1.82, 2.24) is 15.3 Å². The molecule has 7 heteroatoms. The van der Waals surface area contributed by atoms with Crippen molar-refractivity contribution in [2.24, 2.45) is 5.92 Å². The van der Waals surface area contributed by atoms with Crippen LogP contribution in [-0.4, -0.2) is 34.2 Å². The van der Waals surface area contributed by atoms with Crippen molar-refractivity contribution in [3.05, 3.63) is 53.1 Å². The fraction of sp³-hybridized carbons (Fsp3) is 0.353. The highest BCUT2D eigenvalue weighted by atomic mass is 35.5. The summed E-state index contributed by atoms with van der Waals surface area (Å²) in [5.74, 6) is 0.500. The lowest BCUT2D eigenvalue weighted by Gasteiger charge is -2.38. The maximum absolute atomic E-state index is 12.5. The molecule has 1 aliphatic rings. The molecule has 0 spiro atoms. The van der Waals surface area contributed by atoms with E-state index in [9.17, 15) is 9.90 Å². The van der Waals surface area contributed by atoms with Crippen molar-refractivity contribution >= 4 is 17.5 Å². The maximum Gasteiger partial charge on any atom is 0.253 e. The summed E-state index contributed by atoms with van der Waals surface area (Å²) in [6.07, 6.45) is 7.21. The SMILES string of the molecule is COc1cncc([C@H](NC(=O)c2cncc(Cl)c2)C2CC(O)C2)c1. The monoisotopic (exact) mass is 347 g/mol. The van der Waals surface area contributed by atoms with Gasteiger partial charge < -0.3 is 15.2 Å². The molecule has 0 aromatic carbocycles. The van der Waals surface area contributed by atoms with Crippen molar-refractivity contribution in [3.8, 4) is 5.75 Å². The van der Waals surface area contributed by atoms with Gasteiger partial charge in [0.05, 0.1) is 36.0 Å². The third-order valence-electron chi connectivity index (χ3n) is 4.20. The summed E-state index contributed by atoms with van der Waals surface area (Å²) in [7, 11) is 1.57. The number of aliphatic hydroxyl groups excluding tert-OH is 1. The molecule has 1 saturated carbocycles. The minimum atomic E-state index is -0.319. The van der Waals surface area contributed by atoms with E-state index in [1.165, 1.54) is 12.4 Å². The van der Waals surface area contributed by atoms with Crippen molar-refractivity contribution in [2.75, 3.05) is 7.11 Å². The molecule has 126 valence electrons. The van der Waals surface area contributed by atoms with Gasteiger partial charge in [0, 0.05) is 18.6 Å². The molecule has 0 radical (unpaired) electrons. The summed E-state index contributed by atoms with van der Waals surface area (Å²) < 4.78 is 5.21. The molecule has 2 aromatic heterocycles. The van der Waals surface area contributed by atoms with E-state index in [1.807, 2.05) is 6.07 Å². The first kappa shape index (κ1) is 16.7. The first-order valence-corrected chi connectivity index (χ1v) is 8.03. The summed E-state index contributed by atoms with van der Waals surface area (Å²) in [6.45, 7) is 0. The van der Waals surface area contributed by atoms with E-state index < -0.39 is 0 Å². The summed E-state index contributed by atoms with van der Waals surface area (Å²) >= 11 is 5.90. The summed E-state index contributed by atoms with van der Waals surface area (Å²) in [6, 6.07) is 3.15. The van der Waals surface area contributed by atoms with E-state index in [-0.39, 0.29) is 24.0 Å². The van der Waals surface area contributed by atoms with E-state index >= 15 is 0 Å². The number of ether oxygens (including phenoxy) is 1. The highest BCUT2D eigenvalue weighted by molar-refractivity contribution is 6.30. The number of hydrogen-bond donors (Lipinski definition) is 2. The third-order valence-corrected chi connectivity index (χ3v) is 4.41. The number of aromatic nitrogens is 2. The summed E-state index contributed by atoms with van der Waals surface area (Å²) in [5.41, 5.74) is 1.23. The van der Waals surface area contributed by atoms with E-state index in [0.29, 0.717) is 29.2 Å². The number of amides is 1. The standard InChI is InChI=1S/C17H18ClN3O3/c1-24-15-5-11(6-20-9-15)16(10-3-14(22)4-10)21-17(23)12-2-13(18)8-19-7-12/h2,5-10,14,16,22H,3-4H2,1H3,(H,21,23)/t10?,14?,16-/m1/s1. The number of methoxy groups -OCH3 is 1. The van der Waals surface area contributed by atoms with Gasteiger partial charge in [-0.15, -0.1) is 0 Å². The Hall–Kier alpha value is -2.18. The number of nitrogens with zero attached hydrogens (tertiary/aromatic N) is 2. The molecule has 24 heavy (non-hydrogen) atoms. The second kappa shape index (κ2) is 7.15. The van der Waals surface area contributed by atoms with E-state index in [0.717, 1.165) is 5.56 Å². The molecule has 2 aromatic rings. The van der Waals surface area contributed by atoms with Gasteiger partial charge in [-0.1, -0.05) is 11.6 Å². The molecular weight excluding hydrogens is 330 g/mol. The van der Waals surface area contributed by atoms with Crippen LogP contribution < -0.4 is 10.1 Å². The van der Waals surface area contributed by atoms with E-state index in [2.05, 4.69) is 15.3 Å². The first-order chi connectivity index (χ1) is 11.6. The number of carbonyl (C=O) groups is 1. The molecule has 3 rings (SSSR count). The highest BCUT2D eigenvalue weighted by Gasteiger charge is 2.36. The Morgan fingerprint density at radius 1 is 1.29 bits per heavy atom. The summed E-state index contributed by atoms with van der Waals surface area (Å²) in [5, 5.41) is 13.0. The quantitative estimate of drug-likeness (QED) is 0.867. The van der Waals surface area contributed by atoms with Gasteiger partial charge in [0.2, 0.25) is 0 Å². The molecule has 1 aliphatic carbocycles. The minimum absolute atomic E-state index is 0.144. The number of halogens is 1. The Kier molecular flexibility index (Phi) is 4.97. The average Bonchev–Trinajstić information content (AvgIpc) is 2.57. The van der Waals surface area contributed by atoms with Crippen LogP contribution in [0.1, 0.15) is 34.8 Å². The van der Waals surface area contributed by atoms with Crippen LogP contribution in [0, 0.1) is 5.92 Å². The Balaban J connectivity index is 1.83. The zero-order chi connectivity index (χ0) is 17.1. The van der Waals surface area contributed by atoms with Gasteiger partial charge in [-0.3, -0.25) is 14.8 Å². The first-order valence-electron chi connectivity index (χ1n) is 7.65. The lowest BCUT2D eigenvalue weighted by Crippen LogP contribution is -2.41.